The molecule has 0 saturated heterocycles. The first-order valence-corrected chi connectivity index (χ1v) is 16.7. The fourth-order valence-electron chi connectivity index (χ4n) is 6.84. The van der Waals surface area contributed by atoms with Gasteiger partial charge in [0, 0.05) is 27.3 Å². The van der Waals surface area contributed by atoms with Gasteiger partial charge in [-0.05, 0) is 70.5 Å². The number of aromatic nitrogens is 3. The molecule has 1 aliphatic carbocycles. The third-order valence-electron chi connectivity index (χ3n) is 9.23. The van der Waals surface area contributed by atoms with Gasteiger partial charge in [-0.1, -0.05) is 140 Å². The Bertz CT molecular complexity index is 2520. The maximum absolute atomic E-state index is 6.52. The second kappa shape index (κ2) is 12.3. The van der Waals surface area contributed by atoms with Gasteiger partial charge in [-0.3, -0.25) is 0 Å². The van der Waals surface area contributed by atoms with Crippen molar-refractivity contribution in [3.8, 4) is 56.2 Å². The molecule has 1 aliphatic rings. The van der Waals surface area contributed by atoms with E-state index < -0.39 is 0 Å². The summed E-state index contributed by atoms with van der Waals surface area (Å²) in [6.45, 7) is 0. The van der Waals surface area contributed by atoms with E-state index in [-0.39, 0.29) is 0 Å². The number of benzene rings is 6. The second-order valence-corrected chi connectivity index (χ2v) is 12.3. The molecule has 0 N–H and O–H groups in total. The first kappa shape index (κ1) is 28.8. The molecular formula is C45H31N3O. The van der Waals surface area contributed by atoms with Crippen molar-refractivity contribution in [2.45, 2.75) is 12.8 Å². The minimum Gasteiger partial charge on any atom is -0.456 e. The van der Waals surface area contributed by atoms with Gasteiger partial charge in [0.2, 0.25) is 0 Å². The lowest BCUT2D eigenvalue weighted by Crippen LogP contribution is -2.27. The summed E-state index contributed by atoms with van der Waals surface area (Å²) in [5, 5.41) is 2.12. The summed E-state index contributed by atoms with van der Waals surface area (Å²) in [5.41, 5.74) is 11.7. The van der Waals surface area contributed by atoms with Gasteiger partial charge in [0.15, 0.2) is 17.5 Å². The normalized spacial score (nSPS) is 12.4. The summed E-state index contributed by atoms with van der Waals surface area (Å²) >= 11 is 0. The monoisotopic (exact) mass is 629 g/mol. The minimum atomic E-state index is 0.659. The van der Waals surface area contributed by atoms with Gasteiger partial charge in [-0.25, -0.2) is 15.0 Å². The quantitative estimate of drug-likeness (QED) is 0.184. The van der Waals surface area contributed by atoms with Crippen molar-refractivity contribution in [3.63, 3.8) is 0 Å². The van der Waals surface area contributed by atoms with Crippen LogP contribution in [-0.4, -0.2) is 15.0 Å². The van der Waals surface area contributed by atoms with Crippen molar-refractivity contribution in [3.05, 3.63) is 174 Å². The van der Waals surface area contributed by atoms with E-state index >= 15 is 0 Å². The van der Waals surface area contributed by atoms with E-state index in [1.165, 1.54) is 27.8 Å². The molecule has 2 aromatic heterocycles. The van der Waals surface area contributed by atoms with Crippen LogP contribution in [0.4, 0.5) is 0 Å². The zero-order valence-electron chi connectivity index (χ0n) is 26.8. The van der Waals surface area contributed by atoms with Crippen molar-refractivity contribution in [2.24, 2.45) is 0 Å². The molecule has 0 fully saturated rings. The number of rotatable bonds is 6. The van der Waals surface area contributed by atoms with E-state index in [0.29, 0.717) is 17.5 Å². The fourth-order valence-corrected chi connectivity index (χ4v) is 6.84. The van der Waals surface area contributed by atoms with E-state index in [1.54, 1.807) is 0 Å². The molecule has 0 atom stereocenters. The van der Waals surface area contributed by atoms with Crippen molar-refractivity contribution >= 4 is 22.6 Å². The van der Waals surface area contributed by atoms with E-state index in [9.17, 15) is 0 Å². The Morgan fingerprint density at radius 3 is 1.61 bits per heavy atom. The van der Waals surface area contributed by atoms with Crippen LogP contribution in [0.25, 0.3) is 78.8 Å². The number of nitrogens with zero attached hydrogens (tertiary/aromatic N) is 3. The highest BCUT2D eigenvalue weighted by Crippen LogP contribution is 2.37. The molecule has 9 rings (SSSR count). The van der Waals surface area contributed by atoms with Crippen LogP contribution >= 0.6 is 0 Å². The van der Waals surface area contributed by atoms with Crippen LogP contribution in [0.1, 0.15) is 18.7 Å². The molecule has 0 unspecified atom stereocenters. The molecule has 2 heterocycles. The van der Waals surface area contributed by atoms with Gasteiger partial charge < -0.3 is 4.42 Å². The van der Waals surface area contributed by atoms with E-state index in [1.807, 2.05) is 60.7 Å². The molecule has 0 spiro atoms. The molecule has 0 radical (unpaired) electrons. The molecule has 0 bridgehead atoms. The molecule has 232 valence electrons. The van der Waals surface area contributed by atoms with Crippen molar-refractivity contribution < 1.29 is 4.42 Å². The minimum absolute atomic E-state index is 0.659. The summed E-state index contributed by atoms with van der Waals surface area (Å²) in [5.74, 6) is 2.00. The topological polar surface area (TPSA) is 51.8 Å². The van der Waals surface area contributed by atoms with Crippen LogP contribution in [0, 0.1) is 0 Å². The lowest BCUT2D eigenvalue weighted by atomic mass is 9.90. The predicted octanol–water partition coefficient (Wildman–Crippen LogP) is 9.73. The number of hydrogen-bond donors (Lipinski definition) is 0. The maximum Gasteiger partial charge on any atom is 0.164 e. The van der Waals surface area contributed by atoms with Gasteiger partial charge in [0.05, 0.1) is 0 Å². The average molecular weight is 630 g/mol. The number of hydrogen-bond acceptors (Lipinski definition) is 4. The van der Waals surface area contributed by atoms with Crippen LogP contribution in [0.5, 0.6) is 0 Å². The standard InChI is InChI=1S/C45H31N3O/c1-5-14-30(15-6-1)34-24-26-36(31-16-7-2-8-17-31)38(28-34)35-25-27-40-39(29-35)42-37(22-13-23-41(42)49-40)45-47-43(32-18-9-3-10-19-32)46-44(48-45)33-20-11-4-12-21-33/h1-12,14-21,23-29H,13,22H2. The Balaban J connectivity index is 1.28. The first-order valence-electron chi connectivity index (χ1n) is 16.7. The van der Waals surface area contributed by atoms with Gasteiger partial charge in [0.1, 0.15) is 11.0 Å². The highest BCUT2D eigenvalue weighted by Gasteiger charge is 2.20. The van der Waals surface area contributed by atoms with Crippen molar-refractivity contribution in [2.75, 3.05) is 0 Å². The Labute approximate surface area is 284 Å². The Hall–Kier alpha value is -6.39. The SMILES string of the molecule is C1=c2oc3ccc(-c4cc(-c5ccccc5)ccc4-c4ccccc4)cc3c2=C(c2nc(-c3ccccc3)nc(-c3ccccc3)n2)CC1. The molecule has 8 aromatic rings. The van der Waals surface area contributed by atoms with Crippen LogP contribution in [0.15, 0.2) is 162 Å². The number of furan rings is 1. The highest BCUT2D eigenvalue weighted by molar-refractivity contribution is 5.93. The number of fused-ring (bicyclic) bond motifs is 3. The molecule has 0 amide bonds. The molecule has 6 aromatic carbocycles. The van der Waals surface area contributed by atoms with Crippen LogP contribution < -0.4 is 10.6 Å². The third kappa shape index (κ3) is 5.43. The van der Waals surface area contributed by atoms with E-state index in [2.05, 4.69) is 103 Å². The second-order valence-electron chi connectivity index (χ2n) is 12.3. The van der Waals surface area contributed by atoms with E-state index in [4.69, 9.17) is 19.4 Å². The molecule has 0 saturated carbocycles. The zero-order chi connectivity index (χ0) is 32.6. The van der Waals surface area contributed by atoms with Crippen molar-refractivity contribution in [1.29, 1.82) is 0 Å². The maximum atomic E-state index is 6.52. The summed E-state index contributed by atoms with van der Waals surface area (Å²) in [7, 11) is 0. The zero-order valence-corrected chi connectivity index (χ0v) is 26.8. The van der Waals surface area contributed by atoms with Crippen molar-refractivity contribution in [1.82, 2.24) is 15.0 Å². The Morgan fingerprint density at radius 2 is 0.980 bits per heavy atom. The molecule has 0 aliphatic heterocycles. The predicted molar refractivity (Wildman–Crippen MR) is 199 cm³/mol. The van der Waals surface area contributed by atoms with Gasteiger partial charge in [-0.15, -0.1) is 0 Å². The van der Waals surface area contributed by atoms with Gasteiger partial charge in [0.25, 0.3) is 0 Å². The molecular weight excluding hydrogens is 599 g/mol. The summed E-state index contributed by atoms with van der Waals surface area (Å²) in [6.07, 6.45) is 3.84. The lowest BCUT2D eigenvalue weighted by molar-refractivity contribution is 0.571. The van der Waals surface area contributed by atoms with Crippen LogP contribution in [0.3, 0.4) is 0 Å². The highest BCUT2D eigenvalue weighted by atomic mass is 16.3. The fraction of sp³-hybridized carbons (Fsp3) is 0.0444. The van der Waals surface area contributed by atoms with Crippen LogP contribution in [0.2, 0.25) is 0 Å². The largest absolute Gasteiger partial charge is 0.456 e. The summed E-state index contributed by atoms with van der Waals surface area (Å²) < 4.78 is 6.52. The molecule has 4 heteroatoms. The molecule has 4 nitrogen and oxygen atoms in total. The lowest BCUT2D eigenvalue weighted by Gasteiger charge is -2.14. The van der Waals surface area contributed by atoms with Gasteiger partial charge >= 0.3 is 0 Å². The van der Waals surface area contributed by atoms with Crippen LogP contribution in [-0.2, 0) is 0 Å². The Kier molecular flexibility index (Phi) is 7.25. The van der Waals surface area contributed by atoms with E-state index in [0.717, 1.165) is 56.7 Å². The summed E-state index contributed by atoms with van der Waals surface area (Å²) in [4.78, 5) is 15.1. The third-order valence-corrected chi connectivity index (χ3v) is 9.23. The smallest absolute Gasteiger partial charge is 0.164 e. The van der Waals surface area contributed by atoms with Gasteiger partial charge in [-0.2, -0.15) is 0 Å². The first-order chi connectivity index (χ1) is 24.3. The Morgan fingerprint density at radius 1 is 0.429 bits per heavy atom. The average Bonchev–Trinajstić information content (AvgIpc) is 3.57. The molecule has 49 heavy (non-hydrogen) atoms. The summed E-state index contributed by atoms with van der Waals surface area (Å²) in [6, 6.07) is 54.8.